The molecular weight excluding hydrogens is 512 g/mol. The van der Waals surface area contributed by atoms with E-state index in [1.54, 1.807) is 6.20 Å². The van der Waals surface area contributed by atoms with Gasteiger partial charge >= 0.3 is 197 Å². The molecule has 0 fully saturated rings. The molecule has 3 nitrogen and oxygen atoms in total. The van der Waals surface area contributed by atoms with Gasteiger partial charge in [-0.25, -0.2) is 0 Å². The molecule has 0 aliphatic heterocycles. The number of rotatable bonds is 6. The van der Waals surface area contributed by atoms with E-state index in [4.69, 9.17) is 0 Å². The topological polar surface area (TPSA) is 48.7 Å². The minimum atomic E-state index is -3.35. The summed E-state index contributed by atoms with van der Waals surface area (Å²) < 4.78 is -3.35. The molecule has 1 heterocycles. The molecule has 0 amide bonds. The average molecular weight is 533 g/mol. The molecule has 0 saturated carbocycles. The Morgan fingerprint density at radius 1 is 0.742 bits per heavy atom. The number of anilines is 1. The molecule has 1 aromatic heterocycles. The van der Waals surface area contributed by atoms with Gasteiger partial charge in [0.15, 0.2) is 0 Å². The van der Waals surface area contributed by atoms with E-state index in [9.17, 15) is 5.26 Å². The van der Waals surface area contributed by atoms with Crippen LogP contribution in [-0.4, -0.2) is 4.98 Å². The standard InChI is InChI=1S/C26H21IN3P/c27-31(22-12-4-1-5-13-22,23-14-6-2-7-15-23,24-16-8-3-9-17-24)25(20-28)21-30-26-18-10-11-19-29-26/h1-19,21H,(H,29,30). The van der Waals surface area contributed by atoms with Crippen molar-refractivity contribution in [2.75, 3.05) is 5.32 Å². The normalized spacial score (nSPS) is 12.9. The molecule has 0 unspecified atom stereocenters. The first kappa shape index (κ1) is 21.2. The summed E-state index contributed by atoms with van der Waals surface area (Å²) in [6.45, 7) is 0. The Hall–Kier alpha value is -3.00. The van der Waals surface area contributed by atoms with E-state index >= 15 is 0 Å². The first-order valence-electron chi connectivity index (χ1n) is 9.87. The summed E-state index contributed by atoms with van der Waals surface area (Å²) in [5, 5.41) is 17.9. The molecule has 0 radical (unpaired) electrons. The van der Waals surface area contributed by atoms with Crippen molar-refractivity contribution in [3.8, 4) is 6.07 Å². The monoisotopic (exact) mass is 533 g/mol. The molecule has 5 heteroatoms. The van der Waals surface area contributed by atoms with Crippen molar-refractivity contribution in [3.63, 3.8) is 0 Å². The van der Waals surface area contributed by atoms with E-state index in [1.807, 2.05) is 79.0 Å². The molecular formula is C26H21IN3P. The van der Waals surface area contributed by atoms with Crippen LogP contribution in [0.2, 0.25) is 0 Å². The SMILES string of the molecule is N#CC(=CNc1ccccn1)P(I)(c1ccccc1)(c1ccccc1)c1ccccc1. The third-order valence-electron chi connectivity index (χ3n) is 5.31. The van der Waals surface area contributed by atoms with Gasteiger partial charge in [0.1, 0.15) is 0 Å². The molecule has 1 N–H and O–H groups in total. The van der Waals surface area contributed by atoms with Gasteiger partial charge in [-0.15, -0.1) is 0 Å². The van der Waals surface area contributed by atoms with E-state index in [0.29, 0.717) is 11.1 Å². The second kappa shape index (κ2) is 9.01. The molecule has 4 rings (SSSR count). The van der Waals surface area contributed by atoms with Crippen LogP contribution in [0.15, 0.2) is 127 Å². The molecule has 4 aromatic rings. The summed E-state index contributed by atoms with van der Waals surface area (Å²) in [6, 6.07) is 39.4. The van der Waals surface area contributed by atoms with Crippen LogP contribution in [0.4, 0.5) is 5.82 Å². The first-order chi connectivity index (χ1) is 15.2. The summed E-state index contributed by atoms with van der Waals surface area (Å²) in [7, 11) is 0. The van der Waals surface area contributed by atoms with Crippen LogP contribution in [0.25, 0.3) is 0 Å². The van der Waals surface area contributed by atoms with E-state index in [-0.39, 0.29) is 0 Å². The Bertz CT molecular complexity index is 1120. The van der Waals surface area contributed by atoms with Crippen LogP contribution in [0, 0.1) is 11.3 Å². The third kappa shape index (κ3) is 3.65. The van der Waals surface area contributed by atoms with Crippen molar-refractivity contribution in [1.82, 2.24) is 4.98 Å². The van der Waals surface area contributed by atoms with Crippen LogP contribution in [-0.2, 0) is 0 Å². The number of pyridine rings is 1. The number of hydrogen-bond acceptors (Lipinski definition) is 3. The number of hydrogen-bond donors (Lipinski definition) is 1. The maximum atomic E-state index is 10.5. The summed E-state index contributed by atoms with van der Waals surface area (Å²) in [5.74, 6) is 0.700. The zero-order valence-corrected chi connectivity index (χ0v) is 19.8. The summed E-state index contributed by atoms with van der Waals surface area (Å²) in [4.78, 5) is 4.35. The molecule has 0 saturated heterocycles. The van der Waals surface area contributed by atoms with Gasteiger partial charge in [0.25, 0.3) is 0 Å². The number of benzene rings is 3. The second-order valence-corrected chi connectivity index (χ2v) is 16.9. The van der Waals surface area contributed by atoms with Crippen LogP contribution >= 0.6 is 26.3 Å². The Morgan fingerprint density at radius 3 is 1.58 bits per heavy atom. The average Bonchev–Trinajstić information content (AvgIpc) is 2.86. The quantitative estimate of drug-likeness (QED) is 0.196. The predicted molar refractivity (Wildman–Crippen MR) is 141 cm³/mol. The minimum absolute atomic E-state index is 0.681. The third-order valence-corrected chi connectivity index (χ3v) is 16.8. The predicted octanol–water partition coefficient (Wildman–Crippen LogP) is 5.74. The number of allylic oxidation sites excluding steroid dienone is 1. The van der Waals surface area contributed by atoms with Gasteiger partial charge in [-0.05, 0) is 0 Å². The van der Waals surface area contributed by atoms with Gasteiger partial charge in [-0.3, -0.25) is 0 Å². The molecule has 0 aliphatic rings. The van der Waals surface area contributed by atoms with E-state index in [2.05, 4.69) is 74.8 Å². The first-order valence-corrected chi connectivity index (χ1v) is 14.9. The van der Waals surface area contributed by atoms with Gasteiger partial charge in [0.2, 0.25) is 0 Å². The molecule has 0 spiro atoms. The van der Waals surface area contributed by atoms with Crippen LogP contribution in [0.5, 0.6) is 0 Å². The molecule has 3 aromatic carbocycles. The number of halogens is 1. The van der Waals surface area contributed by atoms with Crippen molar-refractivity contribution in [2.24, 2.45) is 0 Å². The fraction of sp³-hybridized carbons (Fsp3) is 0. The van der Waals surface area contributed by atoms with Gasteiger partial charge < -0.3 is 0 Å². The van der Waals surface area contributed by atoms with Gasteiger partial charge in [0.05, 0.1) is 0 Å². The van der Waals surface area contributed by atoms with E-state index in [0.717, 1.165) is 15.9 Å². The fourth-order valence-electron chi connectivity index (χ4n) is 3.83. The fourth-order valence-corrected chi connectivity index (χ4v) is 11.9. The van der Waals surface area contributed by atoms with Crippen molar-refractivity contribution in [1.29, 1.82) is 5.26 Å². The molecule has 0 bridgehead atoms. The Labute approximate surface area is 195 Å². The number of nitrogens with one attached hydrogen (secondary N) is 1. The maximum absolute atomic E-state index is 10.5. The van der Waals surface area contributed by atoms with Gasteiger partial charge in [-0.2, -0.15) is 0 Å². The van der Waals surface area contributed by atoms with E-state index in [1.165, 1.54) is 0 Å². The van der Waals surface area contributed by atoms with Crippen molar-refractivity contribution < 1.29 is 0 Å². The van der Waals surface area contributed by atoms with E-state index < -0.39 is 4.25 Å². The van der Waals surface area contributed by atoms with Crippen LogP contribution in [0.3, 0.4) is 0 Å². The van der Waals surface area contributed by atoms with Crippen molar-refractivity contribution in [3.05, 3.63) is 127 Å². The second-order valence-electron chi connectivity index (χ2n) is 7.02. The Morgan fingerprint density at radius 2 is 1.19 bits per heavy atom. The summed E-state index contributed by atoms with van der Waals surface area (Å²) in [6.07, 6.45) is 3.57. The molecule has 0 atom stereocenters. The Kier molecular flexibility index (Phi) is 6.18. The van der Waals surface area contributed by atoms with Crippen molar-refractivity contribution >= 4 is 48.0 Å². The summed E-state index contributed by atoms with van der Waals surface area (Å²) >= 11 is 2.59. The van der Waals surface area contributed by atoms with Gasteiger partial charge in [0, 0.05) is 0 Å². The number of nitriles is 1. The Balaban J connectivity index is 2.09. The molecule has 31 heavy (non-hydrogen) atoms. The number of aromatic nitrogens is 1. The van der Waals surface area contributed by atoms with Crippen LogP contribution in [0.1, 0.15) is 0 Å². The molecule has 152 valence electrons. The van der Waals surface area contributed by atoms with Gasteiger partial charge in [-0.1, -0.05) is 0 Å². The van der Waals surface area contributed by atoms with Crippen LogP contribution < -0.4 is 21.2 Å². The zero-order chi connectivity index (χ0) is 21.6. The number of nitrogens with zero attached hydrogens (tertiary/aromatic N) is 2. The zero-order valence-electron chi connectivity index (χ0n) is 16.8. The summed E-state index contributed by atoms with van der Waals surface area (Å²) in [5.41, 5.74) is 0. The molecule has 0 aliphatic carbocycles. The van der Waals surface area contributed by atoms with Crippen molar-refractivity contribution in [2.45, 2.75) is 0 Å².